The monoisotopic (exact) mass is 340 g/mol. The van der Waals surface area contributed by atoms with Crippen LogP contribution in [0.1, 0.15) is 11.1 Å². The highest BCUT2D eigenvalue weighted by Gasteiger charge is 2.34. The molecule has 1 aromatic heterocycles. The van der Waals surface area contributed by atoms with Crippen LogP contribution in [0.5, 0.6) is 5.75 Å². The zero-order valence-corrected chi connectivity index (χ0v) is 13.3. The van der Waals surface area contributed by atoms with Gasteiger partial charge in [0.2, 0.25) is 0 Å². The number of hydrazine groups is 2. The van der Waals surface area contributed by atoms with Crippen molar-refractivity contribution in [2.75, 3.05) is 0 Å². The highest BCUT2D eigenvalue weighted by Crippen LogP contribution is 2.15. The molecule has 0 amide bonds. The molecular formula is C17H16N4O4. The van der Waals surface area contributed by atoms with Crippen molar-refractivity contribution < 1.29 is 14.6 Å². The molecule has 0 radical (unpaired) electrons. The summed E-state index contributed by atoms with van der Waals surface area (Å²) in [5, 5.41) is 9.06. The van der Waals surface area contributed by atoms with Gasteiger partial charge in [0.15, 0.2) is 12.3 Å². The summed E-state index contributed by atoms with van der Waals surface area (Å²) in [6.07, 6.45) is 0.925. The lowest BCUT2D eigenvalue weighted by atomic mass is 10.2. The number of carboxylic acids is 1. The molecule has 2 aromatic rings. The molecule has 3 rings (SSSR count). The Kier molecular flexibility index (Phi) is 4.81. The second kappa shape index (κ2) is 7.19. The number of hydrogen-bond acceptors (Lipinski definition) is 6. The number of pyridine rings is 1. The van der Waals surface area contributed by atoms with E-state index in [2.05, 4.69) is 28.2 Å². The molecular weight excluding hydrogens is 324 g/mol. The van der Waals surface area contributed by atoms with Crippen molar-refractivity contribution >= 4 is 5.97 Å². The smallest absolute Gasteiger partial charge is 0.327 e. The van der Waals surface area contributed by atoms with E-state index in [4.69, 9.17) is 9.84 Å². The quantitative estimate of drug-likeness (QED) is 0.561. The van der Waals surface area contributed by atoms with Gasteiger partial charge < -0.3 is 14.4 Å². The Hall–Kier alpha value is -3.12. The Morgan fingerprint density at radius 1 is 1.16 bits per heavy atom. The first kappa shape index (κ1) is 16.7. The highest BCUT2D eigenvalue weighted by molar-refractivity contribution is 5.74. The summed E-state index contributed by atoms with van der Waals surface area (Å²) in [4.78, 5) is 22.6. The van der Waals surface area contributed by atoms with Gasteiger partial charge in [-0.05, 0) is 30.3 Å². The van der Waals surface area contributed by atoms with E-state index in [0.29, 0.717) is 11.3 Å². The number of nitrogens with zero attached hydrogens (tertiary/aromatic N) is 1. The third-order valence-corrected chi connectivity index (χ3v) is 3.58. The fourth-order valence-electron chi connectivity index (χ4n) is 2.17. The van der Waals surface area contributed by atoms with Crippen LogP contribution in [-0.2, 0) is 11.8 Å². The number of ether oxygens (including phenoxy) is 1. The predicted octanol–water partition coefficient (Wildman–Crippen LogP) is -0.444. The van der Waals surface area contributed by atoms with Gasteiger partial charge in [-0.3, -0.25) is 9.59 Å². The van der Waals surface area contributed by atoms with Crippen molar-refractivity contribution in [1.29, 1.82) is 0 Å². The van der Waals surface area contributed by atoms with Crippen LogP contribution in [0.2, 0.25) is 0 Å². The Morgan fingerprint density at radius 3 is 2.56 bits per heavy atom. The van der Waals surface area contributed by atoms with Gasteiger partial charge in [0.05, 0.1) is 0 Å². The van der Waals surface area contributed by atoms with Crippen LogP contribution in [0.15, 0.2) is 47.4 Å². The minimum absolute atomic E-state index is 0.116. The van der Waals surface area contributed by atoms with Gasteiger partial charge in [0.25, 0.3) is 5.56 Å². The van der Waals surface area contributed by atoms with Gasteiger partial charge in [-0.2, -0.15) is 5.53 Å². The Bertz CT molecular complexity index is 895. The van der Waals surface area contributed by atoms with E-state index in [9.17, 15) is 9.59 Å². The molecule has 1 saturated heterocycles. The molecule has 0 aliphatic carbocycles. The van der Waals surface area contributed by atoms with Gasteiger partial charge in [-0.15, -0.1) is 0 Å². The maximum Gasteiger partial charge on any atom is 0.327 e. The lowest BCUT2D eigenvalue weighted by Gasteiger charge is -2.16. The average molecular weight is 340 g/mol. The van der Waals surface area contributed by atoms with E-state index in [1.54, 1.807) is 43.6 Å². The molecule has 8 nitrogen and oxygen atoms in total. The number of carboxylic acid groups (broad SMARTS) is 1. The number of aliphatic carboxylic acids is 1. The molecule has 1 aliphatic rings. The summed E-state index contributed by atoms with van der Waals surface area (Å²) in [5.41, 5.74) is 9.03. The second-order valence-electron chi connectivity index (χ2n) is 5.41. The van der Waals surface area contributed by atoms with Gasteiger partial charge in [0, 0.05) is 30.4 Å². The molecule has 128 valence electrons. The first-order chi connectivity index (χ1) is 12.0. The Labute approximate surface area is 143 Å². The topological polar surface area (TPSA) is 105 Å². The summed E-state index contributed by atoms with van der Waals surface area (Å²) in [5.74, 6) is 5.38. The summed E-state index contributed by atoms with van der Waals surface area (Å²) >= 11 is 0. The van der Waals surface area contributed by atoms with Gasteiger partial charge >= 0.3 is 5.97 Å². The van der Waals surface area contributed by atoms with E-state index in [1.165, 1.54) is 10.6 Å². The first-order valence-electron chi connectivity index (χ1n) is 7.47. The molecule has 1 aromatic carbocycles. The van der Waals surface area contributed by atoms with Crippen molar-refractivity contribution in [3.8, 4) is 17.6 Å². The van der Waals surface area contributed by atoms with E-state index < -0.39 is 18.2 Å². The highest BCUT2D eigenvalue weighted by atomic mass is 16.5. The van der Waals surface area contributed by atoms with Crippen LogP contribution in [0.4, 0.5) is 0 Å². The normalized spacial score (nSPS) is 19.1. The molecule has 8 heteroatoms. The average Bonchev–Trinajstić information content (AvgIpc) is 3.06. The van der Waals surface area contributed by atoms with Gasteiger partial charge in [-0.1, -0.05) is 11.8 Å². The fraction of sp³-hybridized carbons (Fsp3) is 0.176. The van der Waals surface area contributed by atoms with E-state index in [0.717, 1.165) is 5.56 Å². The maximum atomic E-state index is 11.6. The zero-order chi connectivity index (χ0) is 17.8. The molecule has 0 bridgehead atoms. The van der Waals surface area contributed by atoms with Gasteiger partial charge in [0.1, 0.15) is 5.75 Å². The third kappa shape index (κ3) is 4.05. The molecule has 1 aliphatic heterocycles. The number of rotatable bonds is 3. The van der Waals surface area contributed by atoms with Crippen LogP contribution in [0.25, 0.3) is 0 Å². The molecule has 2 heterocycles. The van der Waals surface area contributed by atoms with E-state index in [1.807, 2.05) is 0 Å². The number of carbonyl (C=O) groups is 1. The van der Waals surface area contributed by atoms with Crippen LogP contribution in [0.3, 0.4) is 0 Å². The fourth-order valence-corrected chi connectivity index (χ4v) is 2.17. The summed E-state index contributed by atoms with van der Waals surface area (Å²) in [7, 11) is 1.68. The number of aromatic nitrogens is 1. The SMILES string of the molecule is Cn1ccc(C#Cc2ccc(OC3NNNC3C(=O)O)cc2)cc1=O. The minimum Gasteiger partial charge on any atom is -0.480 e. The number of nitrogens with one attached hydrogen (secondary N) is 3. The molecule has 1 fully saturated rings. The number of hydrogen-bond donors (Lipinski definition) is 4. The van der Waals surface area contributed by atoms with Crippen molar-refractivity contribution in [3.05, 3.63) is 64.1 Å². The zero-order valence-electron chi connectivity index (χ0n) is 13.3. The molecule has 2 atom stereocenters. The Morgan fingerprint density at radius 2 is 1.88 bits per heavy atom. The Balaban J connectivity index is 1.68. The van der Waals surface area contributed by atoms with Gasteiger partial charge in [-0.25, -0.2) is 10.9 Å². The lowest BCUT2D eigenvalue weighted by molar-refractivity contribution is -0.141. The van der Waals surface area contributed by atoms with Crippen molar-refractivity contribution in [1.82, 2.24) is 21.0 Å². The first-order valence-corrected chi connectivity index (χ1v) is 7.47. The molecule has 2 unspecified atom stereocenters. The minimum atomic E-state index is -1.03. The number of benzene rings is 1. The van der Waals surface area contributed by atoms with Crippen LogP contribution in [0, 0.1) is 11.8 Å². The molecule has 4 N–H and O–H groups in total. The van der Waals surface area contributed by atoms with Crippen molar-refractivity contribution in [2.24, 2.45) is 7.05 Å². The number of aryl methyl sites for hydroxylation is 1. The molecule has 25 heavy (non-hydrogen) atoms. The third-order valence-electron chi connectivity index (χ3n) is 3.58. The van der Waals surface area contributed by atoms with Crippen molar-refractivity contribution in [3.63, 3.8) is 0 Å². The predicted molar refractivity (Wildman–Crippen MR) is 89.4 cm³/mol. The molecule has 0 saturated carbocycles. The summed E-state index contributed by atoms with van der Waals surface area (Å²) in [6.45, 7) is 0. The summed E-state index contributed by atoms with van der Waals surface area (Å²) in [6, 6.07) is 9.26. The second-order valence-corrected chi connectivity index (χ2v) is 5.41. The van der Waals surface area contributed by atoms with E-state index in [-0.39, 0.29) is 5.56 Å². The van der Waals surface area contributed by atoms with Crippen LogP contribution in [-0.4, -0.2) is 27.9 Å². The van der Waals surface area contributed by atoms with Crippen molar-refractivity contribution in [2.45, 2.75) is 12.3 Å². The lowest BCUT2D eigenvalue weighted by Crippen LogP contribution is -2.44. The largest absolute Gasteiger partial charge is 0.480 e. The standard InChI is InChI=1S/C17H16N4O4/c1-21-9-8-12(10-14(21)22)3-2-11-4-6-13(7-5-11)25-16-15(17(23)24)18-20-19-16/h4-10,15-16,18-20H,1H3,(H,23,24). The summed E-state index contributed by atoms with van der Waals surface area (Å²) < 4.78 is 7.06. The van der Waals surface area contributed by atoms with E-state index >= 15 is 0 Å². The van der Waals surface area contributed by atoms with Crippen LogP contribution >= 0.6 is 0 Å². The molecule has 0 spiro atoms. The maximum absolute atomic E-state index is 11.6. The van der Waals surface area contributed by atoms with Crippen LogP contribution < -0.4 is 26.7 Å².